The highest BCUT2D eigenvalue weighted by atomic mass is 16.4. The van der Waals surface area contributed by atoms with Crippen LogP contribution in [0.1, 0.15) is 58.3 Å². The van der Waals surface area contributed by atoms with Gasteiger partial charge in [-0.15, -0.1) is 0 Å². The van der Waals surface area contributed by atoms with Gasteiger partial charge >= 0.3 is 5.97 Å². The second-order valence-corrected chi connectivity index (χ2v) is 6.61. The molecule has 0 aromatic heterocycles. The minimum absolute atomic E-state index is 0.0736. The molecule has 1 aliphatic heterocycles. The molecule has 0 spiro atoms. The van der Waals surface area contributed by atoms with Crippen LogP contribution in [0.3, 0.4) is 0 Å². The lowest BCUT2D eigenvalue weighted by Gasteiger charge is -2.17. The summed E-state index contributed by atoms with van der Waals surface area (Å²) in [6.07, 6.45) is 13.5. The van der Waals surface area contributed by atoms with E-state index in [4.69, 9.17) is 5.11 Å². The number of aliphatic hydroxyl groups is 2. The second kappa shape index (κ2) is 12.2. The summed E-state index contributed by atoms with van der Waals surface area (Å²) in [6.45, 7) is 2.71. The fourth-order valence-corrected chi connectivity index (χ4v) is 3.00. The number of unbranched alkanes of at least 4 members (excludes halogenated alkanes) is 3. The van der Waals surface area contributed by atoms with Crippen LogP contribution < -0.4 is 5.32 Å². The van der Waals surface area contributed by atoms with E-state index in [1.54, 1.807) is 0 Å². The van der Waals surface area contributed by atoms with Crippen LogP contribution in [-0.4, -0.2) is 46.1 Å². The molecule has 1 aliphatic rings. The third-order valence-corrected chi connectivity index (χ3v) is 4.50. The molecule has 5 heteroatoms. The average molecular weight is 339 g/mol. The van der Waals surface area contributed by atoms with Gasteiger partial charge in [0, 0.05) is 24.9 Å². The van der Waals surface area contributed by atoms with Crippen molar-refractivity contribution in [2.45, 2.75) is 76.5 Å². The Bertz CT molecular complexity index is 408. The van der Waals surface area contributed by atoms with E-state index < -0.39 is 12.1 Å². The topological polar surface area (TPSA) is 89.8 Å². The number of hydrogen-bond acceptors (Lipinski definition) is 4. The number of rotatable bonds is 12. The average Bonchev–Trinajstić information content (AvgIpc) is 2.89. The van der Waals surface area contributed by atoms with Crippen molar-refractivity contribution in [1.29, 1.82) is 0 Å². The highest BCUT2D eigenvalue weighted by molar-refractivity contribution is 5.66. The van der Waals surface area contributed by atoms with Gasteiger partial charge in [-0.05, 0) is 25.7 Å². The summed E-state index contributed by atoms with van der Waals surface area (Å²) in [7, 11) is 0. The summed E-state index contributed by atoms with van der Waals surface area (Å²) in [4.78, 5) is 10.4. The molecule has 4 atom stereocenters. The molecule has 0 aromatic rings. The summed E-state index contributed by atoms with van der Waals surface area (Å²) in [5, 5.41) is 31.9. The first-order valence-corrected chi connectivity index (χ1v) is 9.19. The quantitative estimate of drug-likeness (QED) is 0.324. The summed E-state index contributed by atoms with van der Waals surface area (Å²) >= 11 is 0. The molecule has 0 aliphatic carbocycles. The molecule has 4 N–H and O–H groups in total. The zero-order valence-corrected chi connectivity index (χ0v) is 14.7. The number of aliphatic carboxylic acids is 1. The van der Waals surface area contributed by atoms with E-state index in [0.717, 1.165) is 38.5 Å². The lowest BCUT2D eigenvalue weighted by Crippen LogP contribution is -2.26. The first-order chi connectivity index (χ1) is 11.5. The first kappa shape index (κ1) is 20.9. The lowest BCUT2D eigenvalue weighted by atomic mass is 9.93. The molecule has 0 aromatic carbocycles. The van der Waals surface area contributed by atoms with E-state index in [9.17, 15) is 15.0 Å². The lowest BCUT2D eigenvalue weighted by molar-refractivity contribution is -0.137. The largest absolute Gasteiger partial charge is 0.481 e. The van der Waals surface area contributed by atoms with E-state index in [2.05, 4.69) is 12.2 Å². The summed E-state index contributed by atoms with van der Waals surface area (Å²) in [5.41, 5.74) is 0. The minimum Gasteiger partial charge on any atom is -0.481 e. The molecule has 0 unspecified atom stereocenters. The van der Waals surface area contributed by atoms with Gasteiger partial charge < -0.3 is 20.6 Å². The molecule has 5 nitrogen and oxygen atoms in total. The van der Waals surface area contributed by atoms with Gasteiger partial charge in [0.05, 0.1) is 12.2 Å². The fraction of sp³-hybridized carbons (Fsp3) is 0.737. The SMILES string of the molecule is CCCCC[C@@H](O)C=C[C@H]1NC[C@H](O)[C@@H]1C/C=C/CCCC(=O)O. The molecule has 1 heterocycles. The van der Waals surface area contributed by atoms with Crippen LogP contribution in [0, 0.1) is 5.92 Å². The summed E-state index contributed by atoms with van der Waals surface area (Å²) in [6, 6.07) is 0.0736. The molecule has 24 heavy (non-hydrogen) atoms. The molecule has 0 saturated carbocycles. The van der Waals surface area contributed by atoms with E-state index in [0.29, 0.717) is 13.0 Å². The van der Waals surface area contributed by atoms with Crippen LogP contribution in [0.15, 0.2) is 24.3 Å². The van der Waals surface area contributed by atoms with Crippen LogP contribution >= 0.6 is 0 Å². The molecular weight excluding hydrogens is 306 g/mol. The maximum Gasteiger partial charge on any atom is 0.303 e. The van der Waals surface area contributed by atoms with Gasteiger partial charge in [0.2, 0.25) is 0 Å². The zero-order valence-electron chi connectivity index (χ0n) is 14.7. The number of carboxylic acid groups (broad SMARTS) is 1. The second-order valence-electron chi connectivity index (χ2n) is 6.61. The standard InChI is InChI=1S/C19H33NO4/c1-2-3-6-9-15(21)12-13-17-16(18(22)14-20-17)10-7-4-5-8-11-19(23)24/h4,7,12-13,15-18,20-22H,2-3,5-6,8-11,14H2,1H3,(H,23,24)/b7-4+,13-12?/t15-,16-,17-,18+/m1/s1. The van der Waals surface area contributed by atoms with Crippen molar-refractivity contribution in [3.63, 3.8) is 0 Å². The van der Waals surface area contributed by atoms with Gasteiger partial charge in [0.15, 0.2) is 0 Å². The maximum absolute atomic E-state index is 10.4. The van der Waals surface area contributed by atoms with Gasteiger partial charge in [0.1, 0.15) is 0 Å². The molecule has 0 radical (unpaired) electrons. The molecule has 0 bridgehead atoms. The first-order valence-electron chi connectivity index (χ1n) is 9.19. The maximum atomic E-state index is 10.4. The highest BCUT2D eigenvalue weighted by Crippen LogP contribution is 2.22. The third-order valence-electron chi connectivity index (χ3n) is 4.50. The normalized spacial score (nSPS) is 25.7. The van der Waals surface area contributed by atoms with Gasteiger partial charge in [-0.1, -0.05) is 50.5 Å². The van der Waals surface area contributed by atoms with Crippen LogP contribution in [-0.2, 0) is 4.79 Å². The van der Waals surface area contributed by atoms with Crippen LogP contribution in [0.25, 0.3) is 0 Å². The summed E-state index contributed by atoms with van der Waals surface area (Å²) in [5.74, 6) is -0.665. The van der Waals surface area contributed by atoms with Crippen molar-refractivity contribution >= 4 is 5.97 Å². The predicted molar refractivity (Wildman–Crippen MR) is 95.8 cm³/mol. The molecule has 1 fully saturated rings. The molecule has 0 amide bonds. The number of β-amino-alcohol motifs (C(OH)–C–C–N with tert-alkyl or cyclic N) is 1. The van der Waals surface area contributed by atoms with Crippen LogP contribution in [0.2, 0.25) is 0 Å². The van der Waals surface area contributed by atoms with Gasteiger partial charge in [-0.25, -0.2) is 0 Å². The monoisotopic (exact) mass is 339 g/mol. The Morgan fingerprint density at radius 3 is 2.79 bits per heavy atom. The third kappa shape index (κ3) is 8.62. The Balaban J connectivity index is 2.35. The Hall–Kier alpha value is -1.17. The van der Waals surface area contributed by atoms with E-state index in [-0.39, 0.29) is 24.5 Å². The predicted octanol–water partition coefficient (Wildman–Crippen LogP) is 2.63. The van der Waals surface area contributed by atoms with Gasteiger partial charge in [-0.2, -0.15) is 0 Å². The number of carbonyl (C=O) groups is 1. The molecule has 1 saturated heterocycles. The van der Waals surface area contributed by atoms with Crippen LogP contribution in [0.5, 0.6) is 0 Å². The number of carboxylic acids is 1. The number of nitrogens with one attached hydrogen (secondary N) is 1. The van der Waals surface area contributed by atoms with Crippen molar-refractivity contribution in [3.05, 3.63) is 24.3 Å². The smallest absolute Gasteiger partial charge is 0.303 e. The minimum atomic E-state index is -0.762. The van der Waals surface area contributed by atoms with Crippen molar-refractivity contribution in [3.8, 4) is 0 Å². The van der Waals surface area contributed by atoms with Crippen molar-refractivity contribution in [1.82, 2.24) is 5.32 Å². The highest BCUT2D eigenvalue weighted by Gasteiger charge is 2.31. The molecule has 1 rings (SSSR count). The zero-order chi connectivity index (χ0) is 17.8. The Kier molecular flexibility index (Phi) is 10.6. The molecule has 138 valence electrons. The van der Waals surface area contributed by atoms with E-state index in [1.807, 2.05) is 24.3 Å². The molecular formula is C19H33NO4. The Morgan fingerprint density at radius 1 is 1.29 bits per heavy atom. The number of hydrogen-bond donors (Lipinski definition) is 4. The number of aliphatic hydroxyl groups excluding tert-OH is 2. The van der Waals surface area contributed by atoms with Gasteiger partial charge in [-0.3, -0.25) is 4.79 Å². The summed E-state index contributed by atoms with van der Waals surface area (Å²) < 4.78 is 0. The van der Waals surface area contributed by atoms with E-state index in [1.165, 1.54) is 0 Å². The van der Waals surface area contributed by atoms with E-state index >= 15 is 0 Å². The fourth-order valence-electron chi connectivity index (χ4n) is 3.00. The Labute approximate surface area is 145 Å². The van der Waals surface area contributed by atoms with Crippen LogP contribution in [0.4, 0.5) is 0 Å². The van der Waals surface area contributed by atoms with Crippen molar-refractivity contribution in [2.75, 3.05) is 6.54 Å². The van der Waals surface area contributed by atoms with Crippen molar-refractivity contribution in [2.24, 2.45) is 5.92 Å². The van der Waals surface area contributed by atoms with Crippen molar-refractivity contribution < 1.29 is 20.1 Å². The van der Waals surface area contributed by atoms with Gasteiger partial charge in [0.25, 0.3) is 0 Å². The number of allylic oxidation sites excluding steroid dienone is 2. The Morgan fingerprint density at radius 2 is 2.08 bits per heavy atom.